The van der Waals surface area contributed by atoms with Gasteiger partial charge < -0.3 is 5.32 Å². The zero-order chi connectivity index (χ0) is 21.2. The van der Waals surface area contributed by atoms with Crippen LogP contribution in [0.1, 0.15) is 30.9 Å². The molecule has 2 aromatic carbocycles. The van der Waals surface area contributed by atoms with Crippen LogP contribution in [0.2, 0.25) is 5.02 Å². The van der Waals surface area contributed by atoms with Gasteiger partial charge in [0, 0.05) is 24.7 Å². The van der Waals surface area contributed by atoms with E-state index in [-0.39, 0.29) is 34.8 Å². The lowest BCUT2D eigenvalue weighted by molar-refractivity contribution is -0.120. The Kier molecular flexibility index (Phi) is 6.61. The minimum atomic E-state index is -3.78. The summed E-state index contributed by atoms with van der Waals surface area (Å²) >= 11 is 5.73. The van der Waals surface area contributed by atoms with E-state index in [1.165, 1.54) is 10.4 Å². The van der Waals surface area contributed by atoms with Crippen molar-refractivity contribution in [1.29, 1.82) is 0 Å². The average molecular weight is 439 g/mol. The largest absolute Gasteiger partial charge is 0.325 e. The van der Waals surface area contributed by atoms with Gasteiger partial charge in [0.15, 0.2) is 0 Å². The summed E-state index contributed by atoms with van der Waals surface area (Å²) in [6.07, 6.45) is 1.66. The van der Waals surface area contributed by atoms with E-state index in [2.05, 4.69) is 5.32 Å². The van der Waals surface area contributed by atoms with Gasteiger partial charge in [-0.25, -0.2) is 12.8 Å². The Morgan fingerprint density at radius 2 is 1.93 bits per heavy atom. The number of sulfonamides is 1. The molecular formula is C21H24ClFN2O3S. The number of nitrogens with zero attached hydrogens (tertiary/aromatic N) is 1. The molecule has 0 radical (unpaired) electrons. The molecule has 0 unspecified atom stereocenters. The van der Waals surface area contributed by atoms with Gasteiger partial charge in [0.2, 0.25) is 15.9 Å². The minimum Gasteiger partial charge on any atom is -0.325 e. The van der Waals surface area contributed by atoms with Gasteiger partial charge in [-0.3, -0.25) is 4.79 Å². The number of anilines is 1. The van der Waals surface area contributed by atoms with E-state index < -0.39 is 15.8 Å². The van der Waals surface area contributed by atoms with E-state index in [0.29, 0.717) is 12.8 Å². The lowest BCUT2D eigenvalue weighted by Crippen LogP contribution is -2.41. The second kappa shape index (κ2) is 8.81. The molecule has 1 heterocycles. The van der Waals surface area contributed by atoms with Gasteiger partial charge in [-0.05, 0) is 55.5 Å². The maximum Gasteiger partial charge on any atom is 0.243 e. The zero-order valence-electron chi connectivity index (χ0n) is 16.4. The summed E-state index contributed by atoms with van der Waals surface area (Å²) in [5.74, 6) is -1.01. The predicted octanol–water partition coefficient (Wildman–Crippen LogP) is 4.39. The van der Waals surface area contributed by atoms with E-state index in [1.807, 2.05) is 32.0 Å². The Labute approximate surface area is 175 Å². The van der Waals surface area contributed by atoms with Gasteiger partial charge in [-0.2, -0.15) is 4.31 Å². The first kappa shape index (κ1) is 21.7. The Morgan fingerprint density at radius 1 is 1.24 bits per heavy atom. The lowest BCUT2D eigenvalue weighted by atomic mass is 9.96. The topological polar surface area (TPSA) is 66.5 Å². The highest BCUT2D eigenvalue weighted by atomic mass is 35.5. The van der Waals surface area contributed by atoms with Crippen molar-refractivity contribution >= 4 is 33.2 Å². The third kappa shape index (κ3) is 4.63. The number of hydrogen-bond acceptors (Lipinski definition) is 3. The number of hydrogen-bond donors (Lipinski definition) is 1. The Balaban J connectivity index is 1.67. The van der Waals surface area contributed by atoms with E-state index >= 15 is 0 Å². The van der Waals surface area contributed by atoms with Crippen molar-refractivity contribution in [1.82, 2.24) is 4.31 Å². The second-order valence-corrected chi connectivity index (χ2v) is 9.55. The number of carbonyl (C=O) groups is 1. The fraction of sp³-hybridized carbons (Fsp3) is 0.381. The molecular weight excluding hydrogens is 415 g/mol. The maximum absolute atomic E-state index is 13.3. The van der Waals surface area contributed by atoms with E-state index in [0.717, 1.165) is 35.4 Å². The van der Waals surface area contributed by atoms with Gasteiger partial charge in [0.1, 0.15) is 5.82 Å². The molecule has 3 rings (SSSR count). The molecule has 1 amide bonds. The third-order valence-electron chi connectivity index (χ3n) is 5.34. The van der Waals surface area contributed by atoms with Crippen LogP contribution in [0.15, 0.2) is 41.3 Å². The van der Waals surface area contributed by atoms with Gasteiger partial charge in [-0.15, -0.1) is 0 Å². The van der Waals surface area contributed by atoms with Crippen molar-refractivity contribution in [3.8, 4) is 0 Å². The van der Waals surface area contributed by atoms with Crippen LogP contribution in [0.4, 0.5) is 10.1 Å². The fourth-order valence-corrected chi connectivity index (χ4v) is 5.31. The van der Waals surface area contributed by atoms with Gasteiger partial charge in [0.25, 0.3) is 0 Å². The number of rotatable bonds is 5. The van der Waals surface area contributed by atoms with Crippen molar-refractivity contribution in [2.75, 3.05) is 18.4 Å². The number of carbonyl (C=O) groups excluding carboxylic acids is 1. The van der Waals surface area contributed by atoms with E-state index in [4.69, 9.17) is 11.6 Å². The number of amides is 1. The van der Waals surface area contributed by atoms with Crippen molar-refractivity contribution in [3.05, 3.63) is 58.4 Å². The summed E-state index contributed by atoms with van der Waals surface area (Å²) in [5, 5.41) is 2.80. The molecule has 29 heavy (non-hydrogen) atoms. The van der Waals surface area contributed by atoms with Crippen molar-refractivity contribution in [3.63, 3.8) is 0 Å². The quantitative estimate of drug-likeness (QED) is 0.752. The molecule has 8 heteroatoms. The first-order valence-corrected chi connectivity index (χ1v) is 11.4. The van der Waals surface area contributed by atoms with Crippen LogP contribution in [-0.4, -0.2) is 31.7 Å². The smallest absolute Gasteiger partial charge is 0.243 e. The Morgan fingerprint density at radius 3 is 2.55 bits per heavy atom. The minimum absolute atomic E-state index is 0.0423. The molecule has 0 atom stereocenters. The summed E-state index contributed by atoms with van der Waals surface area (Å²) in [6, 6.07) is 9.29. The number of nitrogens with one attached hydrogen (secondary N) is 1. The third-order valence-corrected chi connectivity index (χ3v) is 7.53. The van der Waals surface area contributed by atoms with Crippen molar-refractivity contribution in [2.24, 2.45) is 5.92 Å². The molecule has 5 nitrogen and oxygen atoms in total. The predicted molar refractivity (Wildman–Crippen MR) is 112 cm³/mol. The molecule has 1 fully saturated rings. The van der Waals surface area contributed by atoms with Crippen LogP contribution in [0.3, 0.4) is 0 Å². The normalized spacial score (nSPS) is 16.0. The molecule has 1 aliphatic rings. The number of piperidine rings is 1. The second-order valence-electron chi connectivity index (χ2n) is 7.21. The van der Waals surface area contributed by atoms with Gasteiger partial charge in [0.05, 0.1) is 9.92 Å². The number of halogens is 2. The van der Waals surface area contributed by atoms with Crippen molar-refractivity contribution < 1.29 is 17.6 Å². The average Bonchev–Trinajstić information content (AvgIpc) is 2.71. The van der Waals surface area contributed by atoms with Crippen LogP contribution >= 0.6 is 11.6 Å². The summed E-state index contributed by atoms with van der Waals surface area (Å²) in [5.41, 5.74) is 2.92. The lowest BCUT2D eigenvalue weighted by Gasteiger charge is -2.31. The molecule has 2 aromatic rings. The highest BCUT2D eigenvalue weighted by Crippen LogP contribution is 2.28. The first-order valence-electron chi connectivity index (χ1n) is 9.58. The van der Waals surface area contributed by atoms with Crippen molar-refractivity contribution in [2.45, 2.75) is 38.0 Å². The number of aryl methyl sites for hydroxylation is 2. The molecule has 1 N–H and O–H groups in total. The highest BCUT2D eigenvalue weighted by Gasteiger charge is 2.32. The Hall–Kier alpha value is -1.96. The fourth-order valence-electron chi connectivity index (χ4n) is 3.57. The molecule has 0 saturated carbocycles. The van der Waals surface area contributed by atoms with E-state index in [9.17, 15) is 17.6 Å². The molecule has 0 aromatic heterocycles. The number of benzene rings is 2. The highest BCUT2D eigenvalue weighted by molar-refractivity contribution is 7.89. The van der Waals surface area contributed by atoms with Crippen LogP contribution in [0.25, 0.3) is 0 Å². The van der Waals surface area contributed by atoms with Crippen LogP contribution in [0, 0.1) is 18.7 Å². The van der Waals surface area contributed by atoms with Gasteiger partial charge in [-0.1, -0.05) is 36.7 Å². The Bertz CT molecular complexity index is 1020. The summed E-state index contributed by atoms with van der Waals surface area (Å²) < 4.78 is 40.3. The van der Waals surface area contributed by atoms with Crippen LogP contribution < -0.4 is 5.32 Å². The molecule has 0 aliphatic carbocycles. The van der Waals surface area contributed by atoms with Gasteiger partial charge >= 0.3 is 0 Å². The number of para-hydroxylation sites is 1. The first-order chi connectivity index (χ1) is 13.7. The molecule has 156 valence electrons. The zero-order valence-corrected chi connectivity index (χ0v) is 18.0. The van der Waals surface area contributed by atoms with Crippen LogP contribution in [0.5, 0.6) is 0 Å². The van der Waals surface area contributed by atoms with Crippen LogP contribution in [-0.2, 0) is 21.2 Å². The molecule has 1 saturated heterocycles. The summed E-state index contributed by atoms with van der Waals surface area (Å²) in [4.78, 5) is 12.7. The molecule has 1 aliphatic heterocycles. The summed E-state index contributed by atoms with van der Waals surface area (Å²) in [7, 11) is -3.78. The maximum atomic E-state index is 13.3. The molecule has 0 spiro atoms. The molecule has 0 bridgehead atoms. The summed E-state index contributed by atoms with van der Waals surface area (Å²) in [6.45, 7) is 4.45. The van der Waals surface area contributed by atoms with E-state index in [1.54, 1.807) is 0 Å². The SMILES string of the molecule is CCc1cccc(C)c1NC(=O)C1CCN(S(=O)(=O)c2ccc(F)c(Cl)c2)CC1. The monoisotopic (exact) mass is 438 g/mol. The standard InChI is InChI=1S/C21H24ClFN2O3S/c1-3-15-6-4-5-14(2)20(15)24-21(26)16-9-11-25(12-10-16)29(27,28)17-7-8-19(23)18(22)13-17/h4-8,13,16H,3,9-12H2,1-2H3,(H,24,26).